The number of benzene rings is 1. The van der Waals surface area contributed by atoms with E-state index < -0.39 is 17.9 Å². The van der Waals surface area contributed by atoms with Crippen molar-refractivity contribution in [1.29, 1.82) is 0 Å². The third-order valence-electron chi connectivity index (χ3n) is 3.74. The van der Waals surface area contributed by atoms with Crippen molar-refractivity contribution < 1.29 is 19.4 Å². The maximum Gasteiger partial charge on any atom is 0.337 e. The second-order valence-electron chi connectivity index (χ2n) is 5.95. The van der Waals surface area contributed by atoms with Crippen molar-refractivity contribution in [2.75, 3.05) is 0 Å². The third-order valence-corrected chi connectivity index (χ3v) is 3.97. The Kier molecular flexibility index (Phi) is 5.34. The molecule has 24 heavy (non-hydrogen) atoms. The SMILES string of the molecule is CC1=C(C(=O)O)C(c2cccc(Cl)c2)C(C(=O)OC(C)C)=C(C)N1. The van der Waals surface area contributed by atoms with Crippen LogP contribution in [0, 0.1) is 0 Å². The lowest BCUT2D eigenvalue weighted by Crippen LogP contribution is -2.32. The minimum atomic E-state index is -1.09. The molecule has 1 aromatic rings. The normalized spacial score (nSPS) is 17.8. The number of esters is 1. The number of ether oxygens (including phenoxy) is 1. The number of carbonyl (C=O) groups excluding carboxylic acids is 1. The molecule has 1 atom stereocenters. The molecule has 0 aromatic heterocycles. The molecule has 1 aliphatic rings. The van der Waals surface area contributed by atoms with Crippen molar-refractivity contribution in [2.45, 2.75) is 39.7 Å². The number of rotatable bonds is 4. The first-order valence-corrected chi connectivity index (χ1v) is 7.98. The molecule has 0 aliphatic carbocycles. The van der Waals surface area contributed by atoms with Crippen molar-refractivity contribution >= 4 is 23.5 Å². The summed E-state index contributed by atoms with van der Waals surface area (Å²) < 4.78 is 5.32. The van der Waals surface area contributed by atoms with E-state index in [1.165, 1.54) is 0 Å². The Morgan fingerprint density at radius 2 is 1.83 bits per heavy atom. The average Bonchev–Trinajstić information content (AvgIpc) is 2.44. The number of carboxylic acids is 1. The van der Waals surface area contributed by atoms with Gasteiger partial charge in [-0.3, -0.25) is 0 Å². The molecule has 0 spiro atoms. The van der Waals surface area contributed by atoms with Gasteiger partial charge in [0.15, 0.2) is 0 Å². The van der Waals surface area contributed by atoms with Crippen LogP contribution in [0.3, 0.4) is 0 Å². The van der Waals surface area contributed by atoms with Gasteiger partial charge in [-0.1, -0.05) is 23.7 Å². The minimum Gasteiger partial charge on any atom is -0.478 e. The van der Waals surface area contributed by atoms with Crippen molar-refractivity contribution in [1.82, 2.24) is 5.32 Å². The molecule has 0 bridgehead atoms. The standard InChI is InChI=1S/C18H20ClNO4/c1-9(2)24-18(23)15-11(4)20-10(3)14(17(21)22)16(15)12-6-5-7-13(19)8-12/h5-9,16,20H,1-4H3,(H,21,22). The van der Waals surface area contributed by atoms with E-state index in [4.69, 9.17) is 16.3 Å². The highest BCUT2D eigenvalue weighted by atomic mass is 35.5. The van der Waals surface area contributed by atoms with E-state index in [2.05, 4.69) is 5.32 Å². The first kappa shape index (κ1) is 18.1. The second-order valence-corrected chi connectivity index (χ2v) is 6.39. The number of allylic oxidation sites excluding steroid dienone is 2. The van der Waals surface area contributed by atoms with Gasteiger partial charge in [-0.15, -0.1) is 0 Å². The largest absolute Gasteiger partial charge is 0.478 e. The molecule has 2 N–H and O–H groups in total. The van der Waals surface area contributed by atoms with Crippen LogP contribution < -0.4 is 5.32 Å². The summed E-state index contributed by atoms with van der Waals surface area (Å²) in [5.41, 5.74) is 2.10. The summed E-state index contributed by atoms with van der Waals surface area (Å²) in [4.78, 5) is 24.4. The van der Waals surface area contributed by atoms with E-state index in [9.17, 15) is 14.7 Å². The van der Waals surface area contributed by atoms with Crippen molar-refractivity contribution in [3.8, 4) is 0 Å². The first-order valence-electron chi connectivity index (χ1n) is 7.60. The smallest absolute Gasteiger partial charge is 0.337 e. The van der Waals surface area contributed by atoms with Gasteiger partial charge < -0.3 is 15.2 Å². The van der Waals surface area contributed by atoms with Gasteiger partial charge in [0.2, 0.25) is 0 Å². The number of nitrogens with one attached hydrogen (secondary N) is 1. The lowest BCUT2D eigenvalue weighted by atomic mass is 9.80. The summed E-state index contributed by atoms with van der Waals surface area (Å²) in [7, 11) is 0. The summed E-state index contributed by atoms with van der Waals surface area (Å²) in [5, 5.41) is 13.1. The number of hydrogen-bond donors (Lipinski definition) is 2. The molecule has 1 heterocycles. The maximum atomic E-state index is 12.6. The quantitative estimate of drug-likeness (QED) is 0.812. The molecule has 0 fully saturated rings. The topological polar surface area (TPSA) is 75.6 Å². The highest BCUT2D eigenvalue weighted by Crippen LogP contribution is 2.39. The number of carbonyl (C=O) groups is 2. The highest BCUT2D eigenvalue weighted by Gasteiger charge is 2.37. The Morgan fingerprint density at radius 1 is 1.21 bits per heavy atom. The fourth-order valence-corrected chi connectivity index (χ4v) is 3.04. The number of aliphatic carboxylic acids is 1. The van der Waals surface area contributed by atoms with Crippen molar-refractivity contribution in [3.05, 3.63) is 57.4 Å². The van der Waals surface area contributed by atoms with Gasteiger partial charge in [0.05, 0.1) is 23.2 Å². The monoisotopic (exact) mass is 349 g/mol. The molecule has 0 amide bonds. The number of hydrogen-bond acceptors (Lipinski definition) is 4. The van der Waals surface area contributed by atoms with Gasteiger partial charge in [0, 0.05) is 16.4 Å². The summed E-state index contributed by atoms with van der Waals surface area (Å²) in [6, 6.07) is 6.86. The number of halogens is 1. The van der Waals surface area contributed by atoms with Gasteiger partial charge >= 0.3 is 11.9 Å². The van der Waals surface area contributed by atoms with Gasteiger partial charge in [0.1, 0.15) is 0 Å². The lowest BCUT2D eigenvalue weighted by Gasteiger charge is -2.30. The lowest BCUT2D eigenvalue weighted by molar-refractivity contribution is -0.143. The van der Waals surface area contributed by atoms with Gasteiger partial charge in [-0.05, 0) is 45.4 Å². The molecule has 6 heteroatoms. The average molecular weight is 350 g/mol. The number of dihydropyridines is 1. The van der Waals surface area contributed by atoms with Crippen LogP contribution in [0.5, 0.6) is 0 Å². The van der Waals surface area contributed by atoms with Crippen molar-refractivity contribution in [2.24, 2.45) is 0 Å². The Labute approximate surface area is 146 Å². The zero-order valence-electron chi connectivity index (χ0n) is 14.0. The van der Waals surface area contributed by atoms with Crippen LogP contribution in [0.2, 0.25) is 5.02 Å². The molecule has 1 unspecified atom stereocenters. The molecule has 128 valence electrons. The molecule has 0 saturated carbocycles. The van der Waals surface area contributed by atoms with Gasteiger partial charge in [0.25, 0.3) is 0 Å². The fourth-order valence-electron chi connectivity index (χ4n) is 2.85. The van der Waals surface area contributed by atoms with Gasteiger partial charge in [-0.2, -0.15) is 0 Å². The number of carboxylic acid groups (broad SMARTS) is 1. The second kappa shape index (κ2) is 7.09. The molecule has 2 rings (SSSR count). The van der Waals surface area contributed by atoms with E-state index in [0.717, 1.165) is 0 Å². The highest BCUT2D eigenvalue weighted by molar-refractivity contribution is 6.30. The zero-order chi connectivity index (χ0) is 18.0. The molecular weight excluding hydrogens is 330 g/mol. The maximum absolute atomic E-state index is 12.6. The summed E-state index contributed by atoms with van der Waals surface area (Å²) in [6.07, 6.45) is -0.307. The first-order chi connectivity index (χ1) is 11.2. The van der Waals surface area contributed by atoms with Crippen LogP contribution in [0.1, 0.15) is 39.2 Å². The van der Waals surface area contributed by atoms with E-state index >= 15 is 0 Å². The Hall–Kier alpha value is -2.27. The molecule has 5 nitrogen and oxygen atoms in total. The zero-order valence-corrected chi connectivity index (χ0v) is 14.8. The molecule has 1 aromatic carbocycles. The summed E-state index contributed by atoms with van der Waals surface area (Å²) >= 11 is 6.06. The predicted molar refractivity (Wildman–Crippen MR) is 91.6 cm³/mol. The summed E-state index contributed by atoms with van der Waals surface area (Å²) in [5.74, 6) is -2.37. The van der Waals surface area contributed by atoms with Crippen LogP contribution in [0.25, 0.3) is 0 Å². The van der Waals surface area contributed by atoms with Crippen LogP contribution in [0.4, 0.5) is 0 Å². The van der Waals surface area contributed by atoms with Crippen LogP contribution >= 0.6 is 11.6 Å². The summed E-state index contributed by atoms with van der Waals surface area (Å²) in [6.45, 7) is 6.90. The minimum absolute atomic E-state index is 0.110. The third kappa shape index (κ3) is 3.62. The van der Waals surface area contributed by atoms with E-state index in [1.807, 2.05) is 0 Å². The van der Waals surface area contributed by atoms with Crippen LogP contribution in [-0.4, -0.2) is 23.1 Å². The Bertz CT molecular complexity index is 749. The van der Waals surface area contributed by atoms with Crippen molar-refractivity contribution in [3.63, 3.8) is 0 Å². The van der Waals surface area contributed by atoms with E-state index in [1.54, 1.807) is 52.0 Å². The fraction of sp³-hybridized carbons (Fsp3) is 0.333. The van der Waals surface area contributed by atoms with Crippen LogP contribution in [-0.2, 0) is 14.3 Å². The Balaban J connectivity index is 2.64. The molecule has 0 radical (unpaired) electrons. The molecular formula is C18H20ClNO4. The molecule has 0 saturated heterocycles. The van der Waals surface area contributed by atoms with Crippen LogP contribution in [0.15, 0.2) is 46.8 Å². The molecule has 1 aliphatic heterocycles. The van der Waals surface area contributed by atoms with Gasteiger partial charge in [-0.25, -0.2) is 9.59 Å². The van der Waals surface area contributed by atoms with E-state index in [-0.39, 0.29) is 17.3 Å². The predicted octanol–water partition coefficient (Wildman–Crippen LogP) is 3.61. The van der Waals surface area contributed by atoms with E-state index in [0.29, 0.717) is 22.0 Å². The Morgan fingerprint density at radius 3 is 2.38 bits per heavy atom.